The van der Waals surface area contributed by atoms with Crippen molar-refractivity contribution in [3.8, 4) is 0 Å². The first-order valence-electron chi connectivity index (χ1n) is 7.75. The monoisotopic (exact) mass is 273 g/mol. The summed E-state index contributed by atoms with van der Waals surface area (Å²) in [7, 11) is 0. The first kappa shape index (κ1) is 13.6. The molecule has 0 bridgehead atoms. The molecule has 0 spiro atoms. The molecule has 3 nitrogen and oxygen atoms in total. The van der Waals surface area contributed by atoms with Crippen LogP contribution in [0.4, 0.5) is 0 Å². The second kappa shape index (κ2) is 5.96. The van der Waals surface area contributed by atoms with Crippen LogP contribution >= 0.6 is 0 Å². The van der Waals surface area contributed by atoms with E-state index in [-0.39, 0.29) is 18.1 Å². The summed E-state index contributed by atoms with van der Waals surface area (Å²) in [6, 6.07) is 7.90. The molecule has 108 valence electrons. The summed E-state index contributed by atoms with van der Waals surface area (Å²) >= 11 is 0. The molecule has 1 N–H and O–H groups in total. The van der Waals surface area contributed by atoms with Gasteiger partial charge in [-0.25, -0.2) is 4.79 Å². The number of fused-ring (bicyclic) bond motifs is 1. The van der Waals surface area contributed by atoms with Crippen molar-refractivity contribution in [1.82, 2.24) is 5.32 Å². The molecule has 3 rings (SSSR count). The van der Waals surface area contributed by atoms with E-state index in [1.807, 2.05) is 18.2 Å². The fraction of sp³-hybridized carbons (Fsp3) is 0.588. The molecule has 1 unspecified atom stereocenters. The van der Waals surface area contributed by atoms with Gasteiger partial charge in [-0.2, -0.15) is 0 Å². The molecule has 3 heteroatoms. The minimum atomic E-state index is -0.278. The third-order valence-electron chi connectivity index (χ3n) is 4.59. The van der Waals surface area contributed by atoms with Gasteiger partial charge in [0.2, 0.25) is 0 Å². The van der Waals surface area contributed by atoms with Gasteiger partial charge in [0.05, 0.1) is 0 Å². The number of carbonyl (C=O) groups is 1. The highest BCUT2D eigenvalue weighted by Crippen LogP contribution is 2.28. The van der Waals surface area contributed by atoms with Crippen LogP contribution in [0.5, 0.6) is 0 Å². The van der Waals surface area contributed by atoms with Crippen LogP contribution in [0.15, 0.2) is 24.3 Å². The summed E-state index contributed by atoms with van der Waals surface area (Å²) in [5, 5.41) is 3.30. The smallest absolute Gasteiger partial charge is 0.328 e. The van der Waals surface area contributed by atoms with Crippen LogP contribution < -0.4 is 5.32 Å². The zero-order valence-electron chi connectivity index (χ0n) is 12.1. The molecule has 1 aliphatic carbocycles. The van der Waals surface area contributed by atoms with Crippen molar-refractivity contribution in [2.75, 3.05) is 6.54 Å². The van der Waals surface area contributed by atoms with E-state index in [1.54, 1.807) is 0 Å². The quantitative estimate of drug-likeness (QED) is 0.842. The van der Waals surface area contributed by atoms with E-state index in [2.05, 4.69) is 18.3 Å². The van der Waals surface area contributed by atoms with Crippen molar-refractivity contribution in [2.24, 2.45) is 5.92 Å². The zero-order chi connectivity index (χ0) is 13.9. The molecule has 1 heterocycles. The third kappa shape index (κ3) is 2.88. The van der Waals surface area contributed by atoms with Crippen LogP contribution in [0, 0.1) is 5.92 Å². The number of benzene rings is 1. The SMILES string of the molecule is CC1CCC(OC(=O)C2NCCc3ccccc32)CC1. The van der Waals surface area contributed by atoms with Gasteiger partial charge < -0.3 is 10.1 Å². The summed E-state index contributed by atoms with van der Waals surface area (Å²) < 4.78 is 5.73. The summed E-state index contributed by atoms with van der Waals surface area (Å²) in [4.78, 5) is 12.4. The van der Waals surface area contributed by atoms with Crippen molar-refractivity contribution < 1.29 is 9.53 Å². The molecule has 0 saturated heterocycles. The maximum absolute atomic E-state index is 12.4. The van der Waals surface area contributed by atoms with Crippen LogP contribution in [0.1, 0.15) is 49.8 Å². The average molecular weight is 273 g/mol. The molecule has 1 aromatic rings. The van der Waals surface area contributed by atoms with E-state index in [1.165, 1.54) is 18.4 Å². The van der Waals surface area contributed by atoms with Gasteiger partial charge in [0.25, 0.3) is 0 Å². The number of hydrogen-bond donors (Lipinski definition) is 1. The van der Waals surface area contributed by atoms with E-state index >= 15 is 0 Å². The van der Waals surface area contributed by atoms with Gasteiger partial charge in [-0.15, -0.1) is 0 Å². The summed E-state index contributed by atoms with van der Waals surface area (Å²) in [5.74, 6) is 0.676. The van der Waals surface area contributed by atoms with Gasteiger partial charge in [0, 0.05) is 6.54 Å². The summed E-state index contributed by atoms with van der Waals surface area (Å²) in [6.45, 7) is 3.12. The van der Waals surface area contributed by atoms with Crippen molar-refractivity contribution >= 4 is 5.97 Å². The van der Waals surface area contributed by atoms with E-state index in [4.69, 9.17) is 4.74 Å². The third-order valence-corrected chi connectivity index (χ3v) is 4.59. The molecule has 20 heavy (non-hydrogen) atoms. The molecular weight excluding hydrogens is 250 g/mol. The van der Waals surface area contributed by atoms with E-state index in [9.17, 15) is 4.79 Å². The Balaban J connectivity index is 1.66. The molecule has 0 aromatic heterocycles. The van der Waals surface area contributed by atoms with Crippen molar-refractivity contribution in [3.63, 3.8) is 0 Å². The Morgan fingerprint density at radius 1 is 1.20 bits per heavy atom. The predicted molar refractivity (Wildman–Crippen MR) is 78.4 cm³/mol. The Morgan fingerprint density at radius 3 is 2.75 bits per heavy atom. The topological polar surface area (TPSA) is 38.3 Å². The highest BCUT2D eigenvalue weighted by molar-refractivity contribution is 5.78. The largest absolute Gasteiger partial charge is 0.461 e. The molecule has 0 radical (unpaired) electrons. The van der Waals surface area contributed by atoms with Crippen molar-refractivity contribution in [1.29, 1.82) is 0 Å². The Kier molecular flexibility index (Phi) is 4.06. The Hall–Kier alpha value is -1.35. The lowest BCUT2D eigenvalue weighted by atomic mass is 9.89. The normalized spacial score (nSPS) is 29.6. The lowest BCUT2D eigenvalue weighted by Gasteiger charge is -2.30. The molecule has 1 fully saturated rings. The molecule has 1 saturated carbocycles. The maximum Gasteiger partial charge on any atom is 0.328 e. The molecule has 0 amide bonds. The van der Waals surface area contributed by atoms with Crippen LogP contribution in [0.25, 0.3) is 0 Å². The molecule has 1 atom stereocenters. The number of carbonyl (C=O) groups excluding carboxylic acids is 1. The minimum absolute atomic E-state index is 0.100. The molecule has 2 aliphatic rings. The van der Waals surface area contributed by atoms with E-state index in [0.29, 0.717) is 0 Å². The van der Waals surface area contributed by atoms with Gasteiger partial charge in [-0.1, -0.05) is 31.2 Å². The maximum atomic E-state index is 12.4. The fourth-order valence-corrected chi connectivity index (χ4v) is 3.29. The van der Waals surface area contributed by atoms with E-state index in [0.717, 1.165) is 37.3 Å². The lowest BCUT2D eigenvalue weighted by molar-refractivity contribution is -0.153. The number of esters is 1. The van der Waals surface area contributed by atoms with Crippen molar-refractivity contribution in [2.45, 2.75) is 51.2 Å². The summed E-state index contributed by atoms with van der Waals surface area (Å²) in [6.07, 6.45) is 5.48. The van der Waals surface area contributed by atoms with Crippen LogP contribution in [0.3, 0.4) is 0 Å². The number of rotatable bonds is 2. The molecule has 1 aromatic carbocycles. The number of ether oxygens (including phenoxy) is 1. The highest BCUT2D eigenvalue weighted by Gasteiger charge is 2.30. The zero-order valence-corrected chi connectivity index (χ0v) is 12.1. The van der Waals surface area contributed by atoms with Crippen molar-refractivity contribution in [3.05, 3.63) is 35.4 Å². The highest BCUT2D eigenvalue weighted by atomic mass is 16.5. The van der Waals surface area contributed by atoms with Gasteiger partial charge in [-0.05, 0) is 49.1 Å². The van der Waals surface area contributed by atoms with Crippen LogP contribution in [-0.2, 0) is 16.0 Å². The average Bonchev–Trinajstić information content (AvgIpc) is 2.49. The number of hydrogen-bond acceptors (Lipinski definition) is 3. The predicted octanol–water partition coefficient (Wildman–Crippen LogP) is 3.00. The first-order valence-corrected chi connectivity index (χ1v) is 7.75. The summed E-state index contributed by atoms with van der Waals surface area (Å²) in [5.41, 5.74) is 2.36. The Labute approximate surface area is 120 Å². The minimum Gasteiger partial charge on any atom is -0.461 e. The Morgan fingerprint density at radius 2 is 1.95 bits per heavy atom. The van der Waals surface area contributed by atoms with Crippen LogP contribution in [0.2, 0.25) is 0 Å². The second-order valence-corrected chi connectivity index (χ2v) is 6.15. The van der Waals surface area contributed by atoms with Crippen LogP contribution in [-0.4, -0.2) is 18.6 Å². The number of nitrogens with one attached hydrogen (secondary N) is 1. The van der Waals surface area contributed by atoms with Gasteiger partial charge >= 0.3 is 5.97 Å². The standard InChI is InChI=1S/C17H23NO2/c1-12-6-8-14(9-7-12)20-17(19)16-15-5-3-2-4-13(15)10-11-18-16/h2-5,12,14,16,18H,6-11H2,1H3. The van der Waals surface area contributed by atoms with E-state index < -0.39 is 0 Å². The molecule has 1 aliphatic heterocycles. The fourth-order valence-electron chi connectivity index (χ4n) is 3.29. The second-order valence-electron chi connectivity index (χ2n) is 6.15. The molecular formula is C17H23NO2. The van der Waals surface area contributed by atoms with Gasteiger partial charge in [0.1, 0.15) is 12.1 Å². The lowest BCUT2D eigenvalue weighted by Crippen LogP contribution is -2.38. The van der Waals surface area contributed by atoms with Gasteiger partial charge in [0.15, 0.2) is 0 Å². The Bertz CT molecular complexity index is 478. The van der Waals surface area contributed by atoms with Gasteiger partial charge in [-0.3, -0.25) is 0 Å². The first-order chi connectivity index (χ1) is 9.74.